The lowest BCUT2D eigenvalue weighted by molar-refractivity contribution is 0.545. The van der Waals surface area contributed by atoms with Crippen molar-refractivity contribution < 1.29 is 0 Å². The molecule has 0 aliphatic carbocycles. The Morgan fingerprint density at radius 2 is 2.44 bits per heavy atom. The monoisotopic (exact) mass is 236 g/mol. The van der Waals surface area contributed by atoms with E-state index in [9.17, 15) is 0 Å². The van der Waals surface area contributed by atoms with E-state index < -0.39 is 0 Å². The first-order valence-corrected chi connectivity index (χ1v) is 6.32. The molecule has 0 aliphatic heterocycles. The molecule has 0 radical (unpaired) electrons. The minimum Gasteiger partial charge on any atom is -0.317 e. The quantitative estimate of drug-likeness (QED) is 0.865. The average Bonchev–Trinajstić information content (AvgIpc) is 2.96. The summed E-state index contributed by atoms with van der Waals surface area (Å²) in [6, 6.07) is 4.58. The van der Waals surface area contributed by atoms with Crippen LogP contribution in [0, 0.1) is 0 Å². The van der Waals surface area contributed by atoms with E-state index in [1.807, 2.05) is 4.57 Å². The highest BCUT2D eigenvalue weighted by Gasteiger charge is 2.08. The molecule has 0 spiro atoms. The van der Waals surface area contributed by atoms with Crippen LogP contribution in [0.1, 0.15) is 30.6 Å². The van der Waals surface area contributed by atoms with Gasteiger partial charge in [-0.3, -0.25) is 0 Å². The highest BCUT2D eigenvalue weighted by Crippen LogP contribution is 2.18. The van der Waals surface area contributed by atoms with Crippen molar-refractivity contribution in [3.63, 3.8) is 0 Å². The van der Waals surface area contributed by atoms with Crippen LogP contribution in [0.3, 0.4) is 0 Å². The zero-order valence-corrected chi connectivity index (χ0v) is 10.4. The molecule has 0 bridgehead atoms. The molecule has 2 aromatic rings. The average molecular weight is 236 g/mol. The number of aryl methyl sites for hydroxylation is 1. The highest BCUT2D eigenvalue weighted by molar-refractivity contribution is 7.10. The molecule has 0 aliphatic rings. The van der Waals surface area contributed by atoms with Crippen molar-refractivity contribution in [1.29, 1.82) is 0 Å². The Bertz CT molecular complexity index is 421. The molecule has 0 amide bonds. The highest BCUT2D eigenvalue weighted by atomic mass is 32.1. The SMILES string of the molecule is CCn1cnnc1CNC(C)c1cccs1. The third-order valence-electron chi connectivity index (χ3n) is 2.57. The van der Waals surface area contributed by atoms with Crippen molar-refractivity contribution in [2.24, 2.45) is 0 Å². The summed E-state index contributed by atoms with van der Waals surface area (Å²) in [5.74, 6) is 0.992. The summed E-state index contributed by atoms with van der Waals surface area (Å²) in [7, 11) is 0. The third kappa shape index (κ3) is 2.48. The van der Waals surface area contributed by atoms with Crippen LogP contribution in [0.4, 0.5) is 0 Å². The van der Waals surface area contributed by atoms with E-state index in [0.717, 1.165) is 18.9 Å². The van der Waals surface area contributed by atoms with Crippen LogP contribution in [0.15, 0.2) is 23.8 Å². The molecule has 4 nitrogen and oxygen atoms in total. The standard InChI is InChI=1S/C11H16N4S/c1-3-15-8-13-14-11(15)7-12-9(2)10-5-4-6-16-10/h4-6,8-9,12H,3,7H2,1-2H3. The van der Waals surface area contributed by atoms with Gasteiger partial charge >= 0.3 is 0 Å². The van der Waals surface area contributed by atoms with E-state index in [4.69, 9.17) is 0 Å². The number of nitrogens with zero attached hydrogens (tertiary/aromatic N) is 3. The first-order chi connectivity index (χ1) is 7.81. The lowest BCUT2D eigenvalue weighted by Gasteiger charge is -2.11. The largest absolute Gasteiger partial charge is 0.317 e. The molecule has 1 unspecified atom stereocenters. The predicted octanol–water partition coefficient (Wildman–Crippen LogP) is 2.21. The van der Waals surface area contributed by atoms with Gasteiger partial charge in [0.25, 0.3) is 0 Å². The fourth-order valence-corrected chi connectivity index (χ4v) is 2.32. The molecule has 2 heterocycles. The van der Waals surface area contributed by atoms with Crippen molar-refractivity contribution in [3.8, 4) is 0 Å². The topological polar surface area (TPSA) is 42.7 Å². The Morgan fingerprint density at radius 3 is 3.12 bits per heavy atom. The molecule has 1 atom stereocenters. The lowest BCUT2D eigenvalue weighted by Crippen LogP contribution is -2.19. The van der Waals surface area contributed by atoms with Gasteiger partial charge in [-0.2, -0.15) is 0 Å². The number of hydrogen-bond donors (Lipinski definition) is 1. The van der Waals surface area contributed by atoms with Crippen LogP contribution in [-0.2, 0) is 13.1 Å². The molecule has 0 aromatic carbocycles. The van der Waals surface area contributed by atoms with Crippen molar-refractivity contribution in [2.75, 3.05) is 0 Å². The number of aromatic nitrogens is 3. The van der Waals surface area contributed by atoms with Gasteiger partial charge in [0.1, 0.15) is 12.2 Å². The number of hydrogen-bond acceptors (Lipinski definition) is 4. The molecule has 16 heavy (non-hydrogen) atoms. The fraction of sp³-hybridized carbons (Fsp3) is 0.455. The van der Waals surface area contributed by atoms with E-state index in [-0.39, 0.29) is 0 Å². The minimum atomic E-state index is 0.363. The summed E-state index contributed by atoms with van der Waals surface area (Å²) in [5, 5.41) is 13.6. The van der Waals surface area contributed by atoms with E-state index >= 15 is 0 Å². The van der Waals surface area contributed by atoms with Gasteiger partial charge in [0.05, 0.1) is 6.54 Å². The number of nitrogens with one attached hydrogen (secondary N) is 1. The van der Waals surface area contributed by atoms with Crippen LogP contribution >= 0.6 is 11.3 Å². The second kappa shape index (κ2) is 5.23. The van der Waals surface area contributed by atoms with Gasteiger partial charge in [-0.1, -0.05) is 6.07 Å². The second-order valence-electron chi connectivity index (χ2n) is 3.65. The van der Waals surface area contributed by atoms with Crippen molar-refractivity contribution >= 4 is 11.3 Å². The minimum absolute atomic E-state index is 0.363. The van der Waals surface area contributed by atoms with E-state index in [1.54, 1.807) is 17.7 Å². The van der Waals surface area contributed by atoms with Crippen LogP contribution in [0.25, 0.3) is 0 Å². The normalized spacial score (nSPS) is 12.9. The smallest absolute Gasteiger partial charge is 0.146 e. The first kappa shape index (κ1) is 11.3. The van der Waals surface area contributed by atoms with Crippen LogP contribution in [0.5, 0.6) is 0 Å². The molecule has 86 valence electrons. The van der Waals surface area contributed by atoms with Gasteiger partial charge in [0.15, 0.2) is 0 Å². The summed E-state index contributed by atoms with van der Waals surface area (Å²) < 4.78 is 2.05. The Morgan fingerprint density at radius 1 is 1.56 bits per heavy atom. The first-order valence-electron chi connectivity index (χ1n) is 5.44. The van der Waals surface area contributed by atoms with Gasteiger partial charge in [-0.25, -0.2) is 0 Å². The molecule has 5 heteroatoms. The summed E-state index contributed by atoms with van der Waals surface area (Å²) in [6.45, 7) is 5.93. The maximum Gasteiger partial charge on any atom is 0.146 e. The molecule has 0 saturated carbocycles. The Kier molecular flexibility index (Phi) is 3.69. The van der Waals surface area contributed by atoms with Gasteiger partial charge in [0, 0.05) is 17.5 Å². The van der Waals surface area contributed by atoms with Crippen LogP contribution < -0.4 is 5.32 Å². The number of thiophene rings is 1. The van der Waals surface area contributed by atoms with E-state index in [2.05, 4.69) is 46.9 Å². The fourth-order valence-electron chi connectivity index (χ4n) is 1.56. The Labute approximate surface area is 99.3 Å². The van der Waals surface area contributed by atoms with Crippen LogP contribution in [0.2, 0.25) is 0 Å². The predicted molar refractivity (Wildman–Crippen MR) is 65.3 cm³/mol. The van der Waals surface area contributed by atoms with Gasteiger partial charge in [-0.15, -0.1) is 21.5 Å². The zero-order valence-electron chi connectivity index (χ0n) is 9.55. The lowest BCUT2D eigenvalue weighted by atomic mass is 10.3. The molecular weight excluding hydrogens is 220 g/mol. The second-order valence-corrected chi connectivity index (χ2v) is 4.63. The summed E-state index contributed by atoms with van der Waals surface area (Å²) in [6.07, 6.45) is 1.77. The molecule has 1 N–H and O–H groups in total. The number of rotatable bonds is 5. The molecule has 0 fully saturated rings. The zero-order chi connectivity index (χ0) is 11.4. The maximum atomic E-state index is 4.09. The maximum absolute atomic E-state index is 4.09. The van der Waals surface area contributed by atoms with Crippen molar-refractivity contribution in [3.05, 3.63) is 34.5 Å². The van der Waals surface area contributed by atoms with E-state index in [0.29, 0.717) is 6.04 Å². The van der Waals surface area contributed by atoms with Crippen LogP contribution in [-0.4, -0.2) is 14.8 Å². The Balaban J connectivity index is 1.92. The van der Waals surface area contributed by atoms with Gasteiger partial charge in [-0.05, 0) is 25.3 Å². The molecule has 2 aromatic heterocycles. The van der Waals surface area contributed by atoms with Crippen molar-refractivity contribution in [1.82, 2.24) is 20.1 Å². The van der Waals surface area contributed by atoms with Gasteiger partial charge in [0.2, 0.25) is 0 Å². The molecular formula is C11H16N4S. The third-order valence-corrected chi connectivity index (χ3v) is 3.63. The van der Waals surface area contributed by atoms with Gasteiger partial charge < -0.3 is 9.88 Å². The Hall–Kier alpha value is -1.20. The van der Waals surface area contributed by atoms with Crippen molar-refractivity contribution in [2.45, 2.75) is 33.0 Å². The molecule has 2 rings (SSSR count). The summed E-state index contributed by atoms with van der Waals surface area (Å²) in [5.41, 5.74) is 0. The van der Waals surface area contributed by atoms with E-state index in [1.165, 1.54) is 4.88 Å². The summed E-state index contributed by atoms with van der Waals surface area (Å²) in [4.78, 5) is 1.35. The summed E-state index contributed by atoms with van der Waals surface area (Å²) >= 11 is 1.77. The molecule has 0 saturated heterocycles.